The van der Waals surface area contributed by atoms with Crippen LogP contribution in [-0.2, 0) is 12.7 Å². The minimum atomic E-state index is -4.48. The molecule has 3 heterocycles. The van der Waals surface area contributed by atoms with Crippen LogP contribution in [0, 0.1) is 6.92 Å². The number of aromatic nitrogens is 4. The van der Waals surface area contributed by atoms with Crippen LogP contribution in [0.3, 0.4) is 0 Å². The maximum Gasteiger partial charge on any atom is 0.417 e. The summed E-state index contributed by atoms with van der Waals surface area (Å²) in [6.45, 7) is 1.55. The van der Waals surface area contributed by atoms with Crippen LogP contribution in [0.15, 0.2) is 28.9 Å². The molecule has 0 bridgehead atoms. The van der Waals surface area contributed by atoms with Crippen molar-refractivity contribution in [2.45, 2.75) is 19.6 Å². The quantitative estimate of drug-likeness (QED) is 0.796. The van der Waals surface area contributed by atoms with Crippen LogP contribution in [0.5, 0.6) is 0 Å². The zero-order valence-corrected chi connectivity index (χ0v) is 11.8. The number of pyridine rings is 1. The van der Waals surface area contributed by atoms with Crippen LogP contribution >= 0.6 is 0 Å². The van der Waals surface area contributed by atoms with Crippen LogP contribution in [0.25, 0.3) is 5.65 Å². The molecule has 0 unspecified atom stereocenters. The van der Waals surface area contributed by atoms with Crippen molar-refractivity contribution >= 4 is 11.6 Å². The maximum absolute atomic E-state index is 12.7. The van der Waals surface area contributed by atoms with Gasteiger partial charge in [-0.25, -0.2) is 0 Å². The van der Waals surface area contributed by atoms with E-state index in [1.54, 1.807) is 6.92 Å². The Labute approximate surface area is 127 Å². The number of rotatable bonds is 3. The van der Waals surface area contributed by atoms with Crippen LogP contribution in [0.4, 0.5) is 13.2 Å². The number of halogens is 3. The first-order valence-corrected chi connectivity index (χ1v) is 6.47. The number of nitrogens with one attached hydrogen (secondary N) is 1. The van der Waals surface area contributed by atoms with Gasteiger partial charge in [0.05, 0.1) is 17.8 Å². The second-order valence-electron chi connectivity index (χ2n) is 4.78. The van der Waals surface area contributed by atoms with Gasteiger partial charge >= 0.3 is 6.18 Å². The molecule has 1 amide bonds. The van der Waals surface area contributed by atoms with Gasteiger partial charge in [0.25, 0.3) is 5.91 Å². The molecular weight excluding hydrogens is 315 g/mol. The molecule has 0 aliphatic heterocycles. The fraction of sp³-hybridized carbons (Fsp3) is 0.231. The Balaban J connectivity index is 1.81. The number of alkyl halides is 3. The number of carbonyl (C=O) groups excluding carboxylic acids is 1. The van der Waals surface area contributed by atoms with Gasteiger partial charge < -0.3 is 9.84 Å². The fourth-order valence-electron chi connectivity index (χ4n) is 1.94. The molecule has 1 N–H and O–H groups in total. The van der Waals surface area contributed by atoms with Crippen molar-refractivity contribution in [2.24, 2.45) is 0 Å². The van der Waals surface area contributed by atoms with E-state index in [1.807, 2.05) is 0 Å². The molecule has 0 spiro atoms. The van der Waals surface area contributed by atoms with Gasteiger partial charge in [0.2, 0.25) is 5.76 Å². The maximum atomic E-state index is 12.7. The summed E-state index contributed by atoms with van der Waals surface area (Å²) in [7, 11) is 0. The molecule has 0 fully saturated rings. The lowest BCUT2D eigenvalue weighted by Gasteiger charge is -2.07. The van der Waals surface area contributed by atoms with Gasteiger partial charge in [-0.05, 0) is 19.1 Å². The van der Waals surface area contributed by atoms with Gasteiger partial charge in [-0.3, -0.25) is 9.20 Å². The lowest BCUT2D eigenvalue weighted by molar-refractivity contribution is -0.137. The van der Waals surface area contributed by atoms with E-state index in [0.29, 0.717) is 5.69 Å². The Kier molecular flexibility index (Phi) is 3.51. The molecule has 10 heteroatoms. The zero-order valence-electron chi connectivity index (χ0n) is 11.8. The van der Waals surface area contributed by atoms with Gasteiger partial charge in [-0.1, -0.05) is 5.16 Å². The van der Waals surface area contributed by atoms with E-state index >= 15 is 0 Å². The third-order valence-electron chi connectivity index (χ3n) is 3.06. The largest absolute Gasteiger partial charge is 0.417 e. The van der Waals surface area contributed by atoms with Gasteiger partial charge in [-0.2, -0.15) is 13.2 Å². The molecule has 0 aliphatic carbocycles. The summed E-state index contributed by atoms with van der Waals surface area (Å²) in [5.41, 5.74) is -0.0427. The minimum absolute atomic E-state index is 0.00676. The Morgan fingerprint density at radius 1 is 1.35 bits per heavy atom. The van der Waals surface area contributed by atoms with Gasteiger partial charge in [-0.15, -0.1) is 10.2 Å². The summed E-state index contributed by atoms with van der Waals surface area (Å²) < 4.78 is 44.2. The average Bonchev–Trinajstić information content (AvgIpc) is 3.09. The van der Waals surface area contributed by atoms with Gasteiger partial charge in [0.1, 0.15) is 0 Å². The predicted molar refractivity (Wildman–Crippen MR) is 70.4 cm³/mol. The Bertz CT molecular complexity index is 868. The molecule has 0 saturated carbocycles. The van der Waals surface area contributed by atoms with E-state index < -0.39 is 17.6 Å². The Hall–Kier alpha value is -2.91. The summed E-state index contributed by atoms with van der Waals surface area (Å²) in [5, 5.41) is 13.6. The van der Waals surface area contributed by atoms with Crippen LogP contribution in [0.2, 0.25) is 0 Å². The molecule has 7 nitrogen and oxygen atoms in total. The smallest absolute Gasteiger partial charge is 0.351 e. The highest BCUT2D eigenvalue weighted by atomic mass is 19.4. The standard InChI is InChI=1S/C13H10F3N5O2/c1-7-4-9(23-20-7)12(22)17-5-11-19-18-10-3-2-8(6-21(10)11)13(14,15)16/h2-4,6H,5H2,1H3,(H,17,22). The number of aryl methyl sites for hydroxylation is 1. The van der Waals surface area contributed by atoms with Gasteiger partial charge in [0, 0.05) is 12.3 Å². The molecule has 0 radical (unpaired) electrons. The second-order valence-corrected chi connectivity index (χ2v) is 4.78. The number of fused-ring (bicyclic) bond motifs is 1. The minimum Gasteiger partial charge on any atom is -0.351 e. The number of amides is 1. The van der Waals surface area contributed by atoms with Crippen molar-refractivity contribution in [2.75, 3.05) is 0 Å². The molecule has 3 aromatic heterocycles. The summed E-state index contributed by atoms with van der Waals surface area (Å²) in [6.07, 6.45) is -3.59. The van der Waals surface area contributed by atoms with Crippen molar-refractivity contribution in [3.63, 3.8) is 0 Å². The summed E-state index contributed by atoms with van der Waals surface area (Å²) in [4.78, 5) is 11.8. The molecule has 3 rings (SSSR count). The van der Waals surface area contributed by atoms with Crippen LogP contribution in [-0.4, -0.2) is 25.7 Å². The normalized spacial score (nSPS) is 11.8. The monoisotopic (exact) mass is 325 g/mol. The lowest BCUT2D eigenvalue weighted by atomic mass is 10.3. The molecule has 0 aromatic carbocycles. The SMILES string of the molecule is Cc1cc(C(=O)NCc2nnc3ccc(C(F)(F)F)cn23)on1. The first-order chi connectivity index (χ1) is 10.8. The number of hydrogen-bond acceptors (Lipinski definition) is 5. The van der Waals surface area contributed by atoms with E-state index in [-0.39, 0.29) is 23.8 Å². The molecule has 0 aliphatic rings. The fourth-order valence-corrected chi connectivity index (χ4v) is 1.94. The van der Waals surface area contributed by atoms with Crippen molar-refractivity contribution in [3.8, 4) is 0 Å². The third kappa shape index (κ3) is 3.00. The lowest BCUT2D eigenvalue weighted by Crippen LogP contribution is -2.23. The first kappa shape index (κ1) is 15.0. The molecule has 0 saturated heterocycles. The van der Waals surface area contributed by atoms with Crippen molar-refractivity contribution in [3.05, 3.63) is 47.2 Å². The molecule has 0 atom stereocenters. The molecule has 23 heavy (non-hydrogen) atoms. The third-order valence-corrected chi connectivity index (χ3v) is 3.06. The van der Waals surface area contributed by atoms with Crippen LogP contribution < -0.4 is 5.32 Å². The molecule has 120 valence electrons. The van der Waals surface area contributed by atoms with Crippen molar-refractivity contribution in [1.29, 1.82) is 0 Å². The van der Waals surface area contributed by atoms with Crippen LogP contribution in [0.1, 0.15) is 27.6 Å². The van der Waals surface area contributed by atoms with E-state index in [9.17, 15) is 18.0 Å². The summed E-state index contributed by atoms with van der Waals surface area (Å²) in [6, 6.07) is 3.57. The average molecular weight is 325 g/mol. The van der Waals surface area contributed by atoms with Crippen molar-refractivity contribution in [1.82, 2.24) is 25.1 Å². The number of carbonyl (C=O) groups is 1. The van der Waals surface area contributed by atoms with E-state index in [1.165, 1.54) is 16.5 Å². The zero-order chi connectivity index (χ0) is 16.6. The number of nitrogens with zero attached hydrogens (tertiary/aromatic N) is 4. The Morgan fingerprint density at radius 3 is 2.78 bits per heavy atom. The van der Waals surface area contributed by atoms with Crippen molar-refractivity contribution < 1.29 is 22.5 Å². The first-order valence-electron chi connectivity index (χ1n) is 6.47. The summed E-state index contributed by atoms with van der Waals surface area (Å²) >= 11 is 0. The predicted octanol–water partition coefficient (Wildman–Crippen LogP) is 1.97. The molecule has 3 aromatic rings. The van der Waals surface area contributed by atoms with E-state index in [0.717, 1.165) is 12.3 Å². The summed E-state index contributed by atoms with van der Waals surface area (Å²) in [5.74, 6) is -0.377. The second kappa shape index (κ2) is 5.38. The highest BCUT2D eigenvalue weighted by molar-refractivity contribution is 5.91. The highest BCUT2D eigenvalue weighted by Gasteiger charge is 2.31. The topological polar surface area (TPSA) is 85.3 Å². The van der Waals surface area contributed by atoms with E-state index in [2.05, 4.69) is 20.7 Å². The van der Waals surface area contributed by atoms with Gasteiger partial charge in [0.15, 0.2) is 11.5 Å². The highest BCUT2D eigenvalue weighted by Crippen LogP contribution is 2.29. The number of hydrogen-bond donors (Lipinski definition) is 1. The molecular formula is C13H10F3N5O2. The van der Waals surface area contributed by atoms with E-state index in [4.69, 9.17) is 4.52 Å². The Morgan fingerprint density at radius 2 is 2.13 bits per heavy atom.